The van der Waals surface area contributed by atoms with Crippen LogP contribution in [0, 0.1) is 5.82 Å². The van der Waals surface area contributed by atoms with E-state index in [9.17, 15) is 22.7 Å². The minimum absolute atomic E-state index is 0.112. The Morgan fingerprint density at radius 1 is 1.12 bits per heavy atom. The van der Waals surface area contributed by atoms with E-state index in [0.29, 0.717) is 11.3 Å². The monoisotopic (exact) mass is 369 g/mol. The minimum Gasteiger partial charge on any atom is -0.482 e. The molecule has 0 amide bonds. The second-order valence-corrected chi connectivity index (χ2v) is 6.84. The van der Waals surface area contributed by atoms with Crippen LogP contribution in [-0.4, -0.2) is 37.8 Å². The molecule has 25 heavy (non-hydrogen) atoms. The highest BCUT2D eigenvalue weighted by molar-refractivity contribution is 7.89. The molecule has 0 aliphatic carbocycles. The van der Waals surface area contributed by atoms with E-state index in [2.05, 4.69) is 4.72 Å². The number of benzene rings is 2. The normalized spacial score (nSPS) is 12.6. The molecule has 2 aromatic rings. The first-order valence-electron chi connectivity index (χ1n) is 7.16. The van der Waals surface area contributed by atoms with E-state index in [-0.39, 0.29) is 11.4 Å². The van der Waals surface area contributed by atoms with Crippen molar-refractivity contribution in [2.45, 2.75) is 11.0 Å². The second-order valence-electron chi connectivity index (χ2n) is 5.07. The summed E-state index contributed by atoms with van der Waals surface area (Å²) in [5, 5.41) is 18.6. The molecule has 2 rings (SSSR count). The molecule has 0 aliphatic heterocycles. The van der Waals surface area contributed by atoms with Crippen LogP contribution in [-0.2, 0) is 14.8 Å². The zero-order valence-electron chi connectivity index (χ0n) is 12.9. The summed E-state index contributed by atoms with van der Waals surface area (Å²) in [6, 6.07) is 10.2. The molecule has 0 aliphatic rings. The third kappa shape index (κ3) is 5.52. The highest BCUT2D eigenvalue weighted by atomic mass is 32.2. The van der Waals surface area contributed by atoms with Crippen LogP contribution in [0.4, 0.5) is 4.39 Å². The molecule has 9 heteroatoms. The predicted molar refractivity (Wildman–Crippen MR) is 86.1 cm³/mol. The van der Waals surface area contributed by atoms with Crippen molar-refractivity contribution in [3.8, 4) is 5.75 Å². The Labute approximate surface area is 143 Å². The van der Waals surface area contributed by atoms with Crippen LogP contribution >= 0.6 is 0 Å². The lowest BCUT2D eigenvalue weighted by Gasteiger charge is -2.13. The van der Waals surface area contributed by atoms with Gasteiger partial charge in [0.2, 0.25) is 10.0 Å². The van der Waals surface area contributed by atoms with Crippen molar-refractivity contribution in [3.63, 3.8) is 0 Å². The largest absolute Gasteiger partial charge is 0.482 e. The summed E-state index contributed by atoms with van der Waals surface area (Å²) < 4.78 is 44.2. The highest BCUT2D eigenvalue weighted by Crippen LogP contribution is 2.18. The van der Waals surface area contributed by atoms with Crippen molar-refractivity contribution in [1.82, 2.24) is 4.72 Å². The van der Waals surface area contributed by atoms with Gasteiger partial charge in [0.1, 0.15) is 11.6 Å². The molecule has 134 valence electrons. The van der Waals surface area contributed by atoms with E-state index in [4.69, 9.17) is 9.84 Å². The Hall–Kier alpha value is -2.49. The minimum atomic E-state index is -3.87. The molecule has 3 N–H and O–H groups in total. The number of hydrogen-bond acceptors (Lipinski definition) is 5. The van der Waals surface area contributed by atoms with Gasteiger partial charge in [0.15, 0.2) is 6.61 Å². The van der Waals surface area contributed by atoms with E-state index in [1.807, 2.05) is 0 Å². The molecule has 1 unspecified atom stereocenters. The number of nitrogens with one attached hydrogen (secondary N) is 1. The van der Waals surface area contributed by atoms with E-state index in [0.717, 1.165) is 24.3 Å². The van der Waals surface area contributed by atoms with Crippen molar-refractivity contribution in [1.29, 1.82) is 0 Å². The number of ether oxygens (including phenoxy) is 1. The Morgan fingerprint density at radius 2 is 1.72 bits per heavy atom. The summed E-state index contributed by atoms with van der Waals surface area (Å²) in [6.45, 7) is -0.769. The number of aliphatic hydroxyl groups is 1. The van der Waals surface area contributed by atoms with Crippen LogP contribution < -0.4 is 9.46 Å². The quantitative estimate of drug-likeness (QED) is 0.646. The van der Waals surface area contributed by atoms with Crippen LogP contribution in [0.3, 0.4) is 0 Å². The third-order valence-electron chi connectivity index (χ3n) is 3.22. The third-order valence-corrected chi connectivity index (χ3v) is 4.66. The maximum absolute atomic E-state index is 12.8. The number of hydrogen-bond donors (Lipinski definition) is 3. The molecular formula is C16H16FNO6S. The zero-order chi connectivity index (χ0) is 18.4. The summed E-state index contributed by atoms with van der Waals surface area (Å²) in [5.74, 6) is -1.35. The van der Waals surface area contributed by atoms with Gasteiger partial charge in [-0.05, 0) is 42.0 Å². The van der Waals surface area contributed by atoms with E-state index in [1.54, 1.807) is 0 Å². The summed E-state index contributed by atoms with van der Waals surface area (Å²) in [6.07, 6.45) is -1.12. The lowest BCUT2D eigenvalue weighted by Crippen LogP contribution is -2.28. The van der Waals surface area contributed by atoms with Crippen LogP contribution in [0.2, 0.25) is 0 Å². The number of rotatable bonds is 8. The molecule has 0 fully saturated rings. The molecule has 0 saturated carbocycles. The fourth-order valence-electron chi connectivity index (χ4n) is 1.93. The molecule has 0 saturated heterocycles. The van der Waals surface area contributed by atoms with Crippen LogP contribution in [0.1, 0.15) is 11.7 Å². The van der Waals surface area contributed by atoms with Gasteiger partial charge in [0.25, 0.3) is 0 Å². The average molecular weight is 369 g/mol. The van der Waals surface area contributed by atoms with Gasteiger partial charge in [-0.15, -0.1) is 0 Å². The summed E-state index contributed by atoms with van der Waals surface area (Å²) in [4.78, 5) is 10.3. The highest BCUT2D eigenvalue weighted by Gasteiger charge is 2.17. The van der Waals surface area contributed by atoms with Crippen LogP contribution in [0.15, 0.2) is 53.4 Å². The number of aliphatic carboxylic acids is 1. The fourth-order valence-corrected chi connectivity index (χ4v) is 2.97. The van der Waals surface area contributed by atoms with Gasteiger partial charge in [-0.1, -0.05) is 12.1 Å². The fraction of sp³-hybridized carbons (Fsp3) is 0.188. The van der Waals surface area contributed by atoms with E-state index >= 15 is 0 Å². The van der Waals surface area contributed by atoms with Crippen molar-refractivity contribution < 1.29 is 32.6 Å². The number of sulfonamides is 1. The molecule has 0 spiro atoms. The lowest BCUT2D eigenvalue weighted by atomic mass is 10.1. The topological polar surface area (TPSA) is 113 Å². The number of halogens is 1. The van der Waals surface area contributed by atoms with Crippen LogP contribution in [0.5, 0.6) is 5.75 Å². The first-order valence-corrected chi connectivity index (χ1v) is 8.64. The van der Waals surface area contributed by atoms with Gasteiger partial charge in [-0.25, -0.2) is 22.3 Å². The average Bonchev–Trinajstić information content (AvgIpc) is 2.59. The molecule has 0 bridgehead atoms. The van der Waals surface area contributed by atoms with Crippen molar-refractivity contribution in [2.24, 2.45) is 0 Å². The van der Waals surface area contributed by atoms with Gasteiger partial charge >= 0.3 is 5.97 Å². The van der Waals surface area contributed by atoms with Gasteiger partial charge in [0.05, 0.1) is 11.0 Å². The SMILES string of the molecule is O=C(O)COc1ccc(C(O)CNS(=O)(=O)c2ccc(F)cc2)cc1. The Morgan fingerprint density at radius 3 is 2.28 bits per heavy atom. The number of aliphatic hydroxyl groups excluding tert-OH is 1. The molecule has 7 nitrogen and oxygen atoms in total. The molecule has 0 aromatic heterocycles. The Bertz CT molecular complexity index is 821. The molecule has 2 aromatic carbocycles. The predicted octanol–water partition coefficient (Wildman–Crippen LogP) is 1.30. The summed E-state index contributed by atoms with van der Waals surface area (Å²) in [7, 11) is -3.87. The van der Waals surface area contributed by atoms with Crippen LogP contribution in [0.25, 0.3) is 0 Å². The number of carbonyl (C=O) groups is 1. The molecule has 1 atom stereocenters. The van der Waals surface area contributed by atoms with Gasteiger partial charge in [-0.2, -0.15) is 0 Å². The van der Waals surface area contributed by atoms with Crippen molar-refractivity contribution in [2.75, 3.05) is 13.2 Å². The number of carboxylic acid groups (broad SMARTS) is 1. The first-order chi connectivity index (χ1) is 11.8. The van der Waals surface area contributed by atoms with Gasteiger partial charge < -0.3 is 14.9 Å². The lowest BCUT2D eigenvalue weighted by molar-refractivity contribution is -0.139. The number of carboxylic acids is 1. The Kier molecular flexibility index (Phi) is 6.07. The molecule has 0 radical (unpaired) electrons. The smallest absolute Gasteiger partial charge is 0.341 e. The Balaban J connectivity index is 1.96. The second kappa shape index (κ2) is 8.06. The molecular weight excluding hydrogens is 353 g/mol. The summed E-state index contributed by atoms with van der Waals surface area (Å²) in [5.41, 5.74) is 0.421. The van der Waals surface area contributed by atoms with Gasteiger partial charge in [-0.3, -0.25) is 0 Å². The standard InChI is InChI=1S/C16H16FNO6S/c17-12-3-7-14(8-4-12)25(22,23)18-9-15(19)11-1-5-13(6-2-11)24-10-16(20)21/h1-8,15,18-19H,9-10H2,(H,20,21). The van der Waals surface area contributed by atoms with Gasteiger partial charge in [0, 0.05) is 6.54 Å². The van der Waals surface area contributed by atoms with E-state index in [1.165, 1.54) is 24.3 Å². The maximum atomic E-state index is 12.8. The van der Waals surface area contributed by atoms with Crippen molar-refractivity contribution >= 4 is 16.0 Å². The summed E-state index contributed by atoms with van der Waals surface area (Å²) >= 11 is 0. The van der Waals surface area contributed by atoms with E-state index < -0.39 is 34.5 Å². The maximum Gasteiger partial charge on any atom is 0.341 e. The first kappa shape index (κ1) is 18.8. The van der Waals surface area contributed by atoms with Crippen molar-refractivity contribution in [3.05, 3.63) is 59.9 Å². The molecule has 0 heterocycles. The zero-order valence-corrected chi connectivity index (χ0v) is 13.7.